The molecule has 0 saturated heterocycles. The van der Waals surface area contributed by atoms with Crippen LogP contribution < -0.4 is 11.1 Å². The van der Waals surface area contributed by atoms with Crippen LogP contribution >= 0.6 is 15.9 Å². The minimum absolute atomic E-state index is 0.174. The van der Waals surface area contributed by atoms with Gasteiger partial charge in [-0.2, -0.15) is 0 Å². The maximum Gasteiger partial charge on any atom is 0.0638 e. The van der Waals surface area contributed by atoms with E-state index in [1.807, 2.05) is 12.1 Å². The maximum absolute atomic E-state index is 6.00. The van der Waals surface area contributed by atoms with E-state index < -0.39 is 0 Å². The van der Waals surface area contributed by atoms with Gasteiger partial charge in [0.05, 0.1) is 6.04 Å². The number of benzene rings is 2. The molecular weight excluding hydrogens is 312 g/mol. The Bertz CT molecular complexity index is 576. The fourth-order valence-electron chi connectivity index (χ4n) is 2.61. The van der Waals surface area contributed by atoms with E-state index in [0.717, 1.165) is 16.1 Å². The Morgan fingerprint density at radius 1 is 1.10 bits per heavy atom. The summed E-state index contributed by atoms with van der Waals surface area (Å²) in [4.78, 5) is 0. The molecule has 1 saturated carbocycles. The van der Waals surface area contributed by atoms with E-state index in [4.69, 9.17) is 5.73 Å². The first-order chi connectivity index (χ1) is 9.78. The van der Waals surface area contributed by atoms with Crippen LogP contribution in [0.1, 0.15) is 35.9 Å². The maximum atomic E-state index is 6.00. The molecule has 3 N–H and O–H groups in total. The van der Waals surface area contributed by atoms with Gasteiger partial charge in [0.1, 0.15) is 0 Å². The molecule has 0 spiro atoms. The smallest absolute Gasteiger partial charge is 0.0638 e. The van der Waals surface area contributed by atoms with Crippen molar-refractivity contribution >= 4 is 21.6 Å². The van der Waals surface area contributed by atoms with E-state index in [9.17, 15) is 0 Å². The highest BCUT2D eigenvalue weighted by Gasteiger charge is 2.27. The van der Waals surface area contributed by atoms with Crippen LogP contribution in [0.3, 0.4) is 0 Å². The summed E-state index contributed by atoms with van der Waals surface area (Å²) in [6.07, 6.45) is 2.62. The van der Waals surface area contributed by atoms with Gasteiger partial charge in [-0.15, -0.1) is 0 Å². The fraction of sp³-hybridized carbons (Fsp3) is 0.294. The van der Waals surface area contributed by atoms with E-state index in [2.05, 4.69) is 57.6 Å². The van der Waals surface area contributed by atoms with Gasteiger partial charge in [0.2, 0.25) is 0 Å². The van der Waals surface area contributed by atoms with Crippen LogP contribution in [0.5, 0.6) is 0 Å². The number of hydrogen-bond donors (Lipinski definition) is 2. The molecule has 0 amide bonds. The van der Waals surface area contributed by atoms with Crippen LogP contribution in [-0.2, 0) is 0 Å². The number of nitrogens with one attached hydrogen (secondary N) is 1. The SMILES string of the molecule is NCC(Nc1ccc(Br)cc1)c1ccccc1C1CC1. The van der Waals surface area contributed by atoms with Crippen molar-refractivity contribution in [3.63, 3.8) is 0 Å². The Morgan fingerprint density at radius 2 is 1.80 bits per heavy atom. The first kappa shape index (κ1) is 13.7. The fourth-order valence-corrected chi connectivity index (χ4v) is 2.87. The van der Waals surface area contributed by atoms with Crippen LogP contribution in [0, 0.1) is 0 Å². The number of halogens is 1. The van der Waals surface area contributed by atoms with E-state index in [0.29, 0.717) is 6.54 Å². The van der Waals surface area contributed by atoms with E-state index >= 15 is 0 Å². The number of anilines is 1. The molecule has 1 fully saturated rings. The molecule has 1 unspecified atom stereocenters. The van der Waals surface area contributed by atoms with E-state index in [1.165, 1.54) is 24.0 Å². The van der Waals surface area contributed by atoms with E-state index in [1.54, 1.807) is 0 Å². The molecule has 0 aliphatic heterocycles. The normalized spacial score (nSPS) is 15.9. The van der Waals surface area contributed by atoms with Crippen molar-refractivity contribution in [3.8, 4) is 0 Å². The topological polar surface area (TPSA) is 38.0 Å². The molecular formula is C17H19BrN2. The van der Waals surface area contributed by atoms with Gasteiger partial charge in [-0.25, -0.2) is 0 Å². The lowest BCUT2D eigenvalue weighted by Gasteiger charge is -2.21. The highest BCUT2D eigenvalue weighted by Crippen LogP contribution is 2.43. The molecule has 0 heterocycles. The lowest BCUT2D eigenvalue weighted by atomic mass is 9.97. The zero-order chi connectivity index (χ0) is 13.9. The highest BCUT2D eigenvalue weighted by atomic mass is 79.9. The predicted molar refractivity (Wildman–Crippen MR) is 88.0 cm³/mol. The minimum Gasteiger partial charge on any atom is -0.377 e. The van der Waals surface area contributed by atoms with Crippen molar-refractivity contribution < 1.29 is 0 Å². The molecule has 0 aromatic heterocycles. The van der Waals surface area contributed by atoms with Crippen LogP contribution in [-0.4, -0.2) is 6.54 Å². The largest absolute Gasteiger partial charge is 0.377 e. The van der Waals surface area contributed by atoms with E-state index in [-0.39, 0.29) is 6.04 Å². The molecule has 3 heteroatoms. The van der Waals surface area contributed by atoms with Gasteiger partial charge in [0, 0.05) is 16.7 Å². The molecule has 3 rings (SSSR count). The summed E-state index contributed by atoms with van der Waals surface area (Å²) in [6.45, 7) is 0.597. The lowest BCUT2D eigenvalue weighted by Crippen LogP contribution is -2.21. The summed E-state index contributed by atoms with van der Waals surface area (Å²) in [6, 6.07) is 17.1. The Morgan fingerprint density at radius 3 is 2.45 bits per heavy atom. The zero-order valence-corrected chi connectivity index (χ0v) is 12.9. The van der Waals surface area contributed by atoms with Gasteiger partial charge >= 0.3 is 0 Å². The lowest BCUT2D eigenvalue weighted by molar-refractivity contribution is 0.776. The first-order valence-corrected chi connectivity index (χ1v) is 7.88. The molecule has 20 heavy (non-hydrogen) atoms. The first-order valence-electron chi connectivity index (χ1n) is 7.09. The average Bonchev–Trinajstić information content (AvgIpc) is 3.31. The third kappa shape index (κ3) is 3.05. The molecule has 0 bridgehead atoms. The summed E-state index contributed by atoms with van der Waals surface area (Å²) >= 11 is 3.46. The van der Waals surface area contributed by atoms with Crippen molar-refractivity contribution in [3.05, 3.63) is 64.1 Å². The standard InChI is InChI=1S/C17H19BrN2/c18-13-7-9-14(10-8-13)20-17(11-19)16-4-2-1-3-15(16)12-5-6-12/h1-4,7-10,12,17,20H,5-6,11,19H2. The summed E-state index contributed by atoms with van der Waals surface area (Å²) < 4.78 is 1.09. The summed E-state index contributed by atoms with van der Waals surface area (Å²) in [7, 11) is 0. The molecule has 104 valence electrons. The van der Waals surface area contributed by atoms with Gasteiger partial charge < -0.3 is 11.1 Å². The third-order valence-corrected chi connectivity index (χ3v) is 4.34. The predicted octanol–water partition coefficient (Wildman–Crippen LogP) is 4.44. The zero-order valence-electron chi connectivity index (χ0n) is 11.4. The molecule has 2 nitrogen and oxygen atoms in total. The Hall–Kier alpha value is -1.32. The van der Waals surface area contributed by atoms with Gasteiger partial charge in [0.15, 0.2) is 0 Å². The molecule has 1 aliphatic carbocycles. The van der Waals surface area contributed by atoms with Crippen LogP contribution in [0.4, 0.5) is 5.69 Å². The van der Waals surface area contributed by atoms with Crippen LogP contribution in [0.15, 0.2) is 53.0 Å². The second-order valence-corrected chi connectivity index (χ2v) is 6.26. The number of nitrogens with two attached hydrogens (primary N) is 1. The highest BCUT2D eigenvalue weighted by molar-refractivity contribution is 9.10. The van der Waals surface area contributed by atoms with Crippen LogP contribution in [0.2, 0.25) is 0 Å². The monoisotopic (exact) mass is 330 g/mol. The van der Waals surface area contributed by atoms with Gasteiger partial charge in [-0.3, -0.25) is 0 Å². The van der Waals surface area contributed by atoms with Crippen molar-refractivity contribution in [1.29, 1.82) is 0 Å². The van der Waals surface area contributed by atoms with Crippen LogP contribution in [0.25, 0.3) is 0 Å². The molecule has 2 aromatic rings. The van der Waals surface area contributed by atoms with Gasteiger partial charge in [-0.05, 0) is 54.2 Å². The minimum atomic E-state index is 0.174. The second kappa shape index (κ2) is 5.98. The number of rotatable bonds is 5. The summed E-state index contributed by atoms with van der Waals surface area (Å²) in [5.41, 5.74) is 9.92. The second-order valence-electron chi connectivity index (χ2n) is 5.34. The Balaban J connectivity index is 1.84. The van der Waals surface area contributed by atoms with Gasteiger partial charge in [0.25, 0.3) is 0 Å². The molecule has 1 atom stereocenters. The summed E-state index contributed by atoms with van der Waals surface area (Å²) in [5.74, 6) is 0.743. The summed E-state index contributed by atoms with van der Waals surface area (Å²) in [5, 5.41) is 3.55. The van der Waals surface area contributed by atoms with Crippen molar-refractivity contribution in [1.82, 2.24) is 0 Å². The van der Waals surface area contributed by atoms with Gasteiger partial charge in [-0.1, -0.05) is 40.2 Å². The van der Waals surface area contributed by atoms with Crippen molar-refractivity contribution in [2.45, 2.75) is 24.8 Å². The molecule has 2 aromatic carbocycles. The quantitative estimate of drug-likeness (QED) is 0.850. The number of hydrogen-bond acceptors (Lipinski definition) is 2. The Labute approximate surface area is 128 Å². The third-order valence-electron chi connectivity index (χ3n) is 3.81. The van der Waals surface area contributed by atoms with Crippen molar-refractivity contribution in [2.24, 2.45) is 5.73 Å². The molecule has 1 aliphatic rings. The Kier molecular flexibility index (Phi) is 4.08. The molecule has 0 radical (unpaired) electrons. The average molecular weight is 331 g/mol. The van der Waals surface area contributed by atoms with Crippen molar-refractivity contribution in [2.75, 3.05) is 11.9 Å².